The molecular formula is C11H20N2O3. The molecule has 0 radical (unpaired) electrons. The topological polar surface area (TPSA) is 78.4 Å². The molecule has 92 valence electrons. The quantitative estimate of drug-likeness (QED) is 0.651. The van der Waals surface area contributed by atoms with E-state index in [1.807, 2.05) is 6.92 Å². The second-order valence-electron chi connectivity index (χ2n) is 5.19. The Morgan fingerprint density at radius 2 is 1.81 bits per heavy atom. The van der Waals surface area contributed by atoms with Crippen molar-refractivity contribution in [1.29, 1.82) is 0 Å². The average molecular weight is 228 g/mol. The molecule has 1 rings (SSSR count). The van der Waals surface area contributed by atoms with Crippen LogP contribution in [0.2, 0.25) is 0 Å². The summed E-state index contributed by atoms with van der Waals surface area (Å²) in [6.07, 6.45) is 1.49. The Kier molecular flexibility index (Phi) is 3.57. The van der Waals surface area contributed by atoms with Gasteiger partial charge >= 0.3 is 5.97 Å². The fraction of sp³-hybridized carbons (Fsp3) is 0.818. The molecule has 1 aliphatic heterocycles. The minimum Gasteiger partial charge on any atom is -0.480 e. The highest BCUT2D eigenvalue weighted by Gasteiger charge is 2.39. The van der Waals surface area contributed by atoms with Crippen LogP contribution >= 0.6 is 0 Å². The summed E-state index contributed by atoms with van der Waals surface area (Å²) in [5, 5.41) is 14.7. The first-order valence-corrected chi connectivity index (χ1v) is 5.55. The van der Waals surface area contributed by atoms with Crippen molar-refractivity contribution in [2.75, 3.05) is 13.1 Å². The molecule has 3 N–H and O–H groups in total. The smallest absolute Gasteiger partial charge is 0.328 e. The number of amides is 1. The Morgan fingerprint density at radius 3 is 2.25 bits per heavy atom. The summed E-state index contributed by atoms with van der Waals surface area (Å²) in [7, 11) is 0. The van der Waals surface area contributed by atoms with E-state index in [1.54, 1.807) is 0 Å². The van der Waals surface area contributed by atoms with Crippen molar-refractivity contribution >= 4 is 11.9 Å². The molecule has 1 heterocycles. The number of aliphatic carboxylic acids is 1. The zero-order chi connectivity index (χ0) is 12.4. The molecule has 1 amide bonds. The van der Waals surface area contributed by atoms with E-state index in [0.29, 0.717) is 0 Å². The maximum atomic E-state index is 12.0. The van der Waals surface area contributed by atoms with Crippen molar-refractivity contribution in [3.05, 3.63) is 0 Å². The SMILES string of the molecule is CC1(C(=O)NC(C)(C)C(=O)O)CCNCC1. The number of carboxylic acids is 1. The number of carbonyl (C=O) groups is 2. The van der Waals surface area contributed by atoms with E-state index in [1.165, 1.54) is 13.8 Å². The fourth-order valence-corrected chi connectivity index (χ4v) is 1.69. The third-order valence-corrected chi connectivity index (χ3v) is 3.22. The summed E-state index contributed by atoms with van der Waals surface area (Å²) >= 11 is 0. The molecule has 5 heteroatoms. The van der Waals surface area contributed by atoms with E-state index < -0.39 is 16.9 Å². The van der Waals surface area contributed by atoms with Gasteiger partial charge in [0.05, 0.1) is 0 Å². The van der Waals surface area contributed by atoms with Crippen LogP contribution in [-0.2, 0) is 9.59 Å². The van der Waals surface area contributed by atoms with Gasteiger partial charge in [0.1, 0.15) is 5.54 Å². The Balaban J connectivity index is 2.67. The van der Waals surface area contributed by atoms with E-state index in [0.717, 1.165) is 25.9 Å². The first-order chi connectivity index (χ1) is 7.28. The molecule has 0 aromatic rings. The van der Waals surface area contributed by atoms with Crippen LogP contribution in [0.3, 0.4) is 0 Å². The highest BCUT2D eigenvalue weighted by molar-refractivity contribution is 5.89. The van der Waals surface area contributed by atoms with Crippen LogP contribution in [-0.4, -0.2) is 35.6 Å². The number of nitrogens with one attached hydrogen (secondary N) is 2. The number of hydrogen-bond acceptors (Lipinski definition) is 3. The van der Waals surface area contributed by atoms with Crippen LogP contribution in [0.15, 0.2) is 0 Å². The molecular weight excluding hydrogens is 208 g/mol. The predicted octanol–water partition coefficient (Wildman–Crippen LogP) is 0.356. The first kappa shape index (κ1) is 13.0. The van der Waals surface area contributed by atoms with E-state index in [9.17, 15) is 9.59 Å². The first-order valence-electron chi connectivity index (χ1n) is 5.55. The van der Waals surface area contributed by atoms with Gasteiger partial charge in [0.2, 0.25) is 5.91 Å². The Bertz CT molecular complexity index is 294. The highest BCUT2D eigenvalue weighted by atomic mass is 16.4. The second-order valence-corrected chi connectivity index (χ2v) is 5.19. The van der Waals surface area contributed by atoms with Crippen molar-refractivity contribution in [2.24, 2.45) is 5.41 Å². The summed E-state index contributed by atoms with van der Waals surface area (Å²) in [5.74, 6) is -1.18. The van der Waals surface area contributed by atoms with Crippen molar-refractivity contribution in [1.82, 2.24) is 10.6 Å². The molecule has 0 aromatic heterocycles. The number of hydrogen-bond donors (Lipinski definition) is 3. The molecule has 0 atom stereocenters. The minimum absolute atomic E-state index is 0.165. The standard InChI is InChI=1S/C11H20N2O3/c1-10(2,9(15)16)13-8(14)11(3)4-6-12-7-5-11/h12H,4-7H2,1-3H3,(H,13,14)(H,15,16). The third-order valence-electron chi connectivity index (χ3n) is 3.22. The molecule has 1 fully saturated rings. The molecule has 1 aliphatic rings. The molecule has 0 aromatic carbocycles. The molecule has 0 unspecified atom stereocenters. The fourth-order valence-electron chi connectivity index (χ4n) is 1.69. The summed E-state index contributed by atoms with van der Waals surface area (Å²) in [4.78, 5) is 23.0. The van der Waals surface area contributed by atoms with Crippen molar-refractivity contribution in [2.45, 2.75) is 39.2 Å². The lowest BCUT2D eigenvalue weighted by Crippen LogP contribution is -2.55. The van der Waals surface area contributed by atoms with Crippen molar-refractivity contribution < 1.29 is 14.7 Å². The highest BCUT2D eigenvalue weighted by Crippen LogP contribution is 2.28. The van der Waals surface area contributed by atoms with Crippen molar-refractivity contribution in [3.63, 3.8) is 0 Å². The summed E-state index contributed by atoms with van der Waals surface area (Å²) in [5.41, 5.74) is -1.65. The maximum absolute atomic E-state index is 12.0. The summed E-state index contributed by atoms with van der Waals surface area (Å²) < 4.78 is 0. The Labute approximate surface area is 95.6 Å². The van der Waals surface area contributed by atoms with E-state index in [2.05, 4.69) is 10.6 Å². The molecule has 0 spiro atoms. The van der Waals surface area contributed by atoms with E-state index >= 15 is 0 Å². The van der Waals surface area contributed by atoms with Crippen LogP contribution < -0.4 is 10.6 Å². The average Bonchev–Trinajstić information content (AvgIpc) is 2.18. The zero-order valence-corrected chi connectivity index (χ0v) is 10.1. The normalized spacial score (nSPS) is 20.2. The van der Waals surface area contributed by atoms with Crippen molar-refractivity contribution in [3.8, 4) is 0 Å². The van der Waals surface area contributed by atoms with Crippen LogP contribution in [0.25, 0.3) is 0 Å². The predicted molar refractivity (Wildman–Crippen MR) is 60.1 cm³/mol. The second kappa shape index (κ2) is 4.41. The number of carboxylic acid groups (broad SMARTS) is 1. The maximum Gasteiger partial charge on any atom is 0.328 e. The molecule has 0 bridgehead atoms. The van der Waals surface area contributed by atoms with Gasteiger partial charge in [-0.25, -0.2) is 4.79 Å². The summed E-state index contributed by atoms with van der Waals surface area (Å²) in [6, 6.07) is 0. The Hall–Kier alpha value is -1.10. The van der Waals surface area contributed by atoms with E-state index in [4.69, 9.17) is 5.11 Å². The Morgan fingerprint density at radius 1 is 1.31 bits per heavy atom. The van der Waals surface area contributed by atoms with Gasteiger partial charge in [0, 0.05) is 5.41 Å². The number of carbonyl (C=O) groups excluding carboxylic acids is 1. The lowest BCUT2D eigenvalue weighted by Gasteiger charge is -2.35. The van der Waals surface area contributed by atoms with Gasteiger partial charge in [0.25, 0.3) is 0 Å². The van der Waals surface area contributed by atoms with Gasteiger partial charge in [-0.05, 0) is 39.8 Å². The van der Waals surface area contributed by atoms with Crippen LogP contribution in [0.1, 0.15) is 33.6 Å². The van der Waals surface area contributed by atoms with Crippen LogP contribution in [0, 0.1) is 5.41 Å². The molecule has 5 nitrogen and oxygen atoms in total. The lowest BCUT2D eigenvalue weighted by atomic mass is 9.79. The van der Waals surface area contributed by atoms with Gasteiger partial charge in [-0.3, -0.25) is 4.79 Å². The lowest BCUT2D eigenvalue weighted by molar-refractivity contribution is -0.148. The minimum atomic E-state index is -1.20. The van der Waals surface area contributed by atoms with Gasteiger partial charge in [-0.1, -0.05) is 6.92 Å². The third kappa shape index (κ3) is 2.72. The van der Waals surface area contributed by atoms with Gasteiger partial charge in [0.15, 0.2) is 0 Å². The molecule has 0 saturated carbocycles. The number of rotatable bonds is 3. The molecule has 0 aliphatic carbocycles. The molecule has 1 saturated heterocycles. The van der Waals surface area contributed by atoms with Gasteiger partial charge in [-0.2, -0.15) is 0 Å². The van der Waals surface area contributed by atoms with Crippen LogP contribution in [0.4, 0.5) is 0 Å². The molecule has 16 heavy (non-hydrogen) atoms. The van der Waals surface area contributed by atoms with Gasteiger partial charge < -0.3 is 15.7 Å². The largest absolute Gasteiger partial charge is 0.480 e. The number of piperidine rings is 1. The van der Waals surface area contributed by atoms with E-state index in [-0.39, 0.29) is 5.91 Å². The van der Waals surface area contributed by atoms with Gasteiger partial charge in [-0.15, -0.1) is 0 Å². The summed E-state index contributed by atoms with van der Waals surface area (Å²) in [6.45, 7) is 6.49. The monoisotopic (exact) mass is 228 g/mol. The zero-order valence-electron chi connectivity index (χ0n) is 10.1. The van der Waals surface area contributed by atoms with Crippen LogP contribution in [0.5, 0.6) is 0 Å².